The number of aryl methyl sites for hydroxylation is 1. The standard InChI is InChI=1S/C17H19ClF3N3O2.C2H6/c1-10(2)9-26-14-5-4-13(18)7-12(14)8-24-11(3)6-15(23-24)22-16(25)17(19,20)21;1-2/h4-7,10H,8-9H2,1-3H3,(H,22,23,25);1-2H3. The van der Waals surface area contributed by atoms with Crippen LogP contribution in [0.15, 0.2) is 24.3 Å². The van der Waals surface area contributed by atoms with Gasteiger partial charge in [-0.15, -0.1) is 0 Å². The van der Waals surface area contributed by atoms with Crippen molar-refractivity contribution >= 4 is 23.3 Å². The van der Waals surface area contributed by atoms with Crippen LogP contribution in [0.1, 0.15) is 39.0 Å². The molecular weight excluding hydrogens is 395 g/mol. The maximum absolute atomic E-state index is 12.4. The topological polar surface area (TPSA) is 56.2 Å². The molecule has 156 valence electrons. The van der Waals surface area contributed by atoms with Gasteiger partial charge in [0.25, 0.3) is 0 Å². The molecule has 1 amide bonds. The Kier molecular flexibility index (Phi) is 8.81. The van der Waals surface area contributed by atoms with Gasteiger partial charge in [0, 0.05) is 22.3 Å². The fourth-order valence-corrected chi connectivity index (χ4v) is 2.34. The number of nitrogens with one attached hydrogen (secondary N) is 1. The smallest absolute Gasteiger partial charge is 0.471 e. The van der Waals surface area contributed by atoms with E-state index < -0.39 is 12.1 Å². The molecular formula is C19H25ClF3N3O2. The van der Waals surface area contributed by atoms with Gasteiger partial charge in [0.1, 0.15) is 5.75 Å². The summed E-state index contributed by atoms with van der Waals surface area (Å²) >= 11 is 6.04. The first-order valence-electron chi connectivity index (χ1n) is 8.90. The molecule has 1 heterocycles. The molecule has 0 aliphatic rings. The zero-order valence-electron chi connectivity index (χ0n) is 16.5. The van der Waals surface area contributed by atoms with Crippen LogP contribution < -0.4 is 10.1 Å². The van der Waals surface area contributed by atoms with Crippen LogP contribution in [-0.4, -0.2) is 28.5 Å². The highest BCUT2D eigenvalue weighted by atomic mass is 35.5. The Morgan fingerprint density at radius 1 is 1.29 bits per heavy atom. The average Bonchev–Trinajstić information content (AvgIpc) is 2.94. The third-order valence-electron chi connectivity index (χ3n) is 3.40. The van der Waals surface area contributed by atoms with Crippen molar-refractivity contribution < 1.29 is 22.7 Å². The van der Waals surface area contributed by atoms with Crippen LogP contribution in [0.4, 0.5) is 19.0 Å². The maximum Gasteiger partial charge on any atom is 0.471 e. The van der Waals surface area contributed by atoms with E-state index in [4.69, 9.17) is 16.3 Å². The van der Waals surface area contributed by atoms with Gasteiger partial charge in [-0.25, -0.2) is 0 Å². The van der Waals surface area contributed by atoms with Gasteiger partial charge in [-0.2, -0.15) is 18.3 Å². The van der Waals surface area contributed by atoms with Crippen molar-refractivity contribution in [3.8, 4) is 5.75 Å². The van der Waals surface area contributed by atoms with E-state index in [2.05, 4.69) is 5.10 Å². The first-order valence-corrected chi connectivity index (χ1v) is 9.28. The number of aromatic nitrogens is 2. The SMILES string of the molecule is CC.Cc1cc(NC(=O)C(F)(F)F)nn1Cc1cc(Cl)ccc1OCC(C)C. The Labute approximate surface area is 167 Å². The number of carbonyl (C=O) groups is 1. The lowest BCUT2D eigenvalue weighted by atomic mass is 10.2. The van der Waals surface area contributed by atoms with Gasteiger partial charge in [0.15, 0.2) is 5.82 Å². The predicted molar refractivity (Wildman–Crippen MR) is 104 cm³/mol. The minimum Gasteiger partial charge on any atom is -0.493 e. The molecule has 0 radical (unpaired) electrons. The molecule has 0 aliphatic heterocycles. The van der Waals surface area contributed by atoms with Crippen LogP contribution >= 0.6 is 11.6 Å². The third-order valence-corrected chi connectivity index (χ3v) is 3.63. The fourth-order valence-electron chi connectivity index (χ4n) is 2.15. The molecule has 9 heteroatoms. The highest BCUT2D eigenvalue weighted by molar-refractivity contribution is 6.30. The zero-order chi connectivity index (χ0) is 21.5. The Bertz CT molecular complexity index is 789. The molecule has 0 aliphatic carbocycles. The van der Waals surface area contributed by atoms with Crippen molar-refractivity contribution in [2.45, 2.75) is 47.3 Å². The molecule has 0 atom stereocenters. The van der Waals surface area contributed by atoms with Crippen LogP contribution in [0.25, 0.3) is 0 Å². The normalized spacial score (nSPS) is 11.1. The molecule has 1 aromatic heterocycles. The van der Waals surface area contributed by atoms with Crippen molar-refractivity contribution in [2.75, 3.05) is 11.9 Å². The fraction of sp³-hybridized carbons (Fsp3) is 0.474. The van der Waals surface area contributed by atoms with Gasteiger partial charge in [0.2, 0.25) is 0 Å². The molecule has 0 saturated heterocycles. The Morgan fingerprint density at radius 3 is 2.50 bits per heavy atom. The molecule has 0 spiro atoms. The van der Waals surface area contributed by atoms with Crippen molar-refractivity contribution in [1.29, 1.82) is 0 Å². The molecule has 28 heavy (non-hydrogen) atoms. The molecule has 0 unspecified atom stereocenters. The molecule has 1 N–H and O–H groups in total. The van der Waals surface area contributed by atoms with Gasteiger partial charge in [0.05, 0.1) is 13.2 Å². The summed E-state index contributed by atoms with van der Waals surface area (Å²) in [4.78, 5) is 11.0. The van der Waals surface area contributed by atoms with E-state index in [9.17, 15) is 18.0 Å². The lowest BCUT2D eigenvalue weighted by Crippen LogP contribution is -2.30. The number of hydrogen-bond acceptors (Lipinski definition) is 3. The second-order valence-corrected chi connectivity index (χ2v) is 6.67. The van der Waals surface area contributed by atoms with Crippen LogP contribution in [0, 0.1) is 12.8 Å². The van der Waals surface area contributed by atoms with E-state index in [1.54, 1.807) is 30.4 Å². The van der Waals surface area contributed by atoms with Crippen molar-refractivity contribution in [2.24, 2.45) is 5.92 Å². The lowest BCUT2D eigenvalue weighted by Gasteiger charge is -2.14. The van der Waals surface area contributed by atoms with E-state index >= 15 is 0 Å². The summed E-state index contributed by atoms with van der Waals surface area (Å²) in [7, 11) is 0. The Hall–Kier alpha value is -2.22. The largest absolute Gasteiger partial charge is 0.493 e. The Morgan fingerprint density at radius 2 is 1.93 bits per heavy atom. The van der Waals surface area contributed by atoms with E-state index in [1.807, 2.05) is 27.7 Å². The van der Waals surface area contributed by atoms with Gasteiger partial charge in [-0.05, 0) is 31.0 Å². The Balaban J connectivity index is 0.00000190. The summed E-state index contributed by atoms with van der Waals surface area (Å²) in [6, 6.07) is 6.52. The number of ether oxygens (including phenoxy) is 1. The van der Waals surface area contributed by atoms with Gasteiger partial charge >= 0.3 is 12.1 Å². The highest BCUT2D eigenvalue weighted by Crippen LogP contribution is 2.25. The molecule has 5 nitrogen and oxygen atoms in total. The van der Waals surface area contributed by atoms with Gasteiger partial charge < -0.3 is 10.1 Å². The van der Waals surface area contributed by atoms with Crippen LogP contribution in [-0.2, 0) is 11.3 Å². The van der Waals surface area contributed by atoms with Crippen molar-refractivity contribution in [3.63, 3.8) is 0 Å². The van der Waals surface area contributed by atoms with E-state index in [1.165, 1.54) is 10.7 Å². The number of alkyl halides is 3. The number of rotatable bonds is 6. The van der Waals surface area contributed by atoms with Crippen molar-refractivity contribution in [1.82, 2.24) is 9.78 Å². The molecule has 2 aromatic rings. The number of carbonyl (C=O) groups excluding carboxylic acids is 1. The van der Waals surface area contributed by atoms with E-state index in [0.717, 1.165) is 5.56 Å². The second-order valence-electron chi connectivity index (χ2n) is 6.24. The first-order chi connectivity index (χ1) is 13.1. The summed E-state index contributed by atoms with van der Waals surface area (Å²) < 4.78 is 44.3. The minimum atomic E-state index is -4.97. The quantitative estimate of drug-likeness (QED) is 0.676. The second kappa shape index (κ2) is 10.4. The lowest BCUT2D eigenvalue weighted by molar-refractivity contribution is -0.167. The zero-order valence-corrected chi connectivity index (χ0v) is 17.3. The predicted octanol–water partition coefficient (Wildman–Crippen LogP) is 5.46. The summed E-state index contributed by atoms with van der Waals surface area (Å²) in [5, 5.41) is 6.26. The van der Waals surface area contributed by atoms with Crippen LogP contribution in [0.2, 0.25) is 5.02 Å². The summed E-state index contributed by atoms with van der Waals surface area (Å²) in [6.45, 7) is 10.5. The van der Waals surface area contributed by atoms with Crippen molar-refractivity contribution in [3.05, 3.63) is 40.5 Å². The van der Waals surface area contributed by atoms with Gasteiger partial charge in [-0.1, -0.05) is 39.3 Å². The van der Waals surface area contributed by atoms with Crippen LogP contribution in [0.3, 0.4) is 0 Å². The number of hydrogen-bond donors (Lipinski definition) is 1. The van der Waals surface area contributed by atoms with Crippen LogP contribution in [0.5, 0.6) is 5.75 Å². The number of amides is 1. The monoisotopic (exact) mass is 419 g/mol. The summed E-state index contributed by atoms with van der Waals surface area (Å²) in [5.74, 6) is -1.28. The molecule has 0 fully saturated rings. The third kappa shape index (κ3) is 7.07. The highest BCUT2D eigenvalue weighted by Gasteiger charge is 2.39. The molecule has 0 bridgehead atoms. The number of halogens is 4. The molecule has 0 saturated carbocycles. The van der Waals surface area contributed by atoms with Gasteiger partial charge in [-0.3, -0.25) is 9.48 Å². The number of benzene rings is 1. The molecule has 2 rings (SSSR count). The minimum absolute atomic E-state index is 0.170. The summed E-state index contributed by atoms with van der Waals surface area (Å²) in [6.07, 6.45) is -4.97. The maximum atomic E-state index is 12.4. The van der Waals surface area contributed by atoms with E-state index in [-0.39, 0.29) is 12.4 Å². The van der Waals surface area contributed by atoms with E-state index in [0.29, 0.717) is 29.0 Å². The first kappa shape index (κ1) is 23.8. The molecule has 1 aromatic carbocycles. The average molecular weight is 420 g/mol. The summed E-state index contributed by atoms with van der Waals surface area (Å²) in [5.41, 5.74) is 1.32. The number of nitrogens with zero attached hydrogens (tertiary/aromatic N) is 2. The number of anilines is 1.